The van der Waals surface area contributed by atoms with E-state index in [-0.39, 0.29) is 22.0 Å². The third-order valence-electron chi connectivity index (χ3n) is 6.77. The summed E-state index contributed by atoms with van der Waals surface area (Å²) in [5, 5.41) is 1.63. The second-order valence-corrected chi connectivity index (χ2v) is 11.1. The lowest BCUT2D eigenvalue weighted by atomic mass is 9.62. The largest absolute Gasteiger partial charge is 0.494 e. The summed E-state index contributed by atoms with van der Waals surface area (Å²) in [6.07, 6.45) is 4.56. The Labute approximate surface area is 188 Å². The van der Waals surface area contributed by atoms with Crippen LogP contribution in [-0.4, -0.2) is 28.5 Å². The zero-order valence-corrected chi connectivity index (χ0v) is 19.9. The number of amides is 2. The summed E-state index contributed by atoms with van der Waals surface area (Å²) in [5.74, 6) is 0.441. The molecule has 1 aliphatic heterocycles. The summed E-state index contributed by atoms with van der Waals surface area (Å²) in [7, 11) is 1.64. The SMILES string of the molecule is COc1cc(CC2SC(=O)NC2=O)cnc1-c1cc2c(cc1C)C(C)(C)CCC2(C)C. The van der Waals surface area contributed by atoms with Gasteiger partial charge in [0, 0.05) is 11.8 Å². The number of hydrogen-bond donors (Lipinski definition) is 1. The number of hydrogen-bond acceptors (Lipinski definition) is 5. The number of nitrogens with one attached hydrogen (secondary N) is 1. The van der Waals surface area contributed by atoms with Crippen LogP contribution in [0.4, 0.5) is 4.79 Å². The van der Waals surface area contributed by atoms with Crippen LogP contribution >= 0.6 is 11.8 Å². The van der Waals surface area contributed by atoms with E-state index in [1.54, 1.807) is 13.3 Å². The smallest absolute Gasteiger partial charge is 0.286 e. The standard InChI is InChI=1S/C25H30N2O3S/c1-14-9-17-18(25(4,5)8-7-24(17,2)3)12-16(14)21-19(30-6)10-15(13-26-21)11-20-22(28)27-23(29)31-20/h9-10,12-13,20H,7-8,11H2,1-6H3,(H,27,28,29). The molecule has 0 bridgehead atoms. The van der Waals surface area contributed by atoms with Gasteiger partial charge in [-0.2, -0.15) is 0 Å². The van der Waals surface area contributed by atoms with Crippen LogP contribution < -0.4 is 10.1 Å². The second-order valence-electron chi connectivity index (χ2n) is 9.96. The lowest BCUT2D eigenvalue weighted by molar-refractivity contribution is -0.118. The van der Waals surface area contributed by atoms with E-state index < -0.39 is 5.25 Å². The van der Waals surface area contributed by atoms with Crippen molar-refractivity contribution in [2.75, 3.05) is 7.11 Å². The van der Waals surface area contributed by atoms with E-state index in [0.717, 1.165) is 35.0 Å². The van der Waals surface area contributed by atoms with Gasteiger partial charge in [-0.15, -0.1) is 0 Å². The highest BCUT2D eigenvalue weighted by Gasteiger charge is 2.38. The number of imide groups is 1. The van der Waals surface area contributed by atoms with E-state index in [1.807, 2.05) is 6.07 Å². The first-order chi connectivity index (χ1) is 14.5. The van der Waals surface area contributed by atoms with Crippen LogP contribution in [0.25, 0.3) is 11.3 Å². The van der Waals surface area contributed by atoms with Gasteiger partial charge >= 0.3 is 0 Å². The minimum atomic E-state index is -0.418. The minimum Gasteiger partial charge on any atom is -0.494 e. The molecular formula is C25H30N2O3S. The zero-order valence-electron chi connectivity index (χ0n) is 19.1. The fourth-order valence-electron chi connectivity index (χ4n) is 4.67. The first kappa shape index (κ1) is 21.9. The highest BCUT2D eigenvalue weighted by atomic mass is 32.2. The average Bonchev–Trinajstić information content (AvgIpc) is 3.02. The predicted octanol–water partition coefficient (Wildman–Crippen LogP) is 5.31. The van der Waals surface area contributed by atoms with Crippen molar-refractivity contribution in [1.82, 2.24) is 10.3 Å². The zero-order chi connectivity index (χ0) is 22.6. The molecule has 31 heavy (non-hydrogen) atoms. The Balaban J connectivity index is 1.74. The van der Waals surface area contributed by atoms with Gasteiger partial charge in [0.15, 0.2) is 0 Å². The topological polar surface area (TPSA) is 68.3 Å². The van der Waals surface area contributed by atoms with Gasteiger partial charge in [-0.05, 0) is 71.4 Å². The Morgan fingerprint density at radius 2 is 1.74 bits per heavy atom. The van der Waals surface area contributed by atoms with Gasteiger partial charge in [-0.1, -0.05) is 45.5 Å². The molecule has 0 spiro atoms. The van der Waals surface area contributed by atoms with Gasteiger partial charge in [-0.25, -0.2) is 0 Å². The van der Waals surface area contributed by atoms with E-state index >= 15 is 0 Å². The number of carbonyl (C=O) groups is 2. The molecule has 0 saturated carbocycles. The number of rotatable bonds is 4. The van der Waals surface area contributed by atoms with E-state index in [9.17, 15) is 9.59 Å². The molecule has 1 fully saturated rings. The van der Waals surface area contributed by atoms with Crippen LogP contribution in [0, 0.1) is 6.92 Å². The fraction of sp³-hybridized carbons (Fsp3) is 0.480. The number of ether oxygens (including phenoxy) is 1. The highest BCUT2D eigenvalue weighted by molar-refractivity contribution is 8.15. The number of aromatic nitrogens is 1. The van der Waals surface area contributed by atoms with Crippen LogP contribution in [0.1, 0.15) is 62.8 Å². The molecule has 1 aromatic heterocycles. The summed E-state index contributed by atoms with van der Waals surface area (Å²) < 4.78 is 5.71. The van der Waals surface area contributed by atoms with Crippen molar-refractivity contribution >= 4 is 22.9 Å². The van der Waals surface area contributed by atoms with Gasteiger partial charge in [0.2, 0.25) is 5.91 Å². The number of benzene rings is 1. The molecule has 1 N–H and O–H groups in total. The Morgan fingerprint density at radius 3 is 2.32 bits per heavy atom. The Bertz CT molecular complexity index is 1070. The van der Waals surface area contributed by atoms with Crippen molar-refractivity contribution in [1.29, 1.82) is 0 Å². The molecular weight excluding hydrogens is 408 g/mol. The highest BCUT2D eigenvalue weighted by Crippen LogP contribution is 2.48. The maximum Gasteiger partial charge on any atom is 0.286 e. The number of methoxy groups -OCH3 is 1. The molecule has 2 aromatic rings. The van der Waals surface area contributed by atoms with Gasteiger partial charge in [0.25, 0.3) is 5.24 Å². The van der Waals surface area contributed by atoms with Crippen LogP contribution in [0.5, 0.6) is 5.75 Å². The van der Waals surface area contributed by atoms with Gasteiger partial charge in [-0.3, -0.25) is 19.9 Å². The lowest BCUT2D eigenvalue weighted by Gasteiger charge is -2.42. The molecule has 2 amide bonds. The van der Waals surface area contributed by atoms with Crippen LogP contribution in [-0.2, 0) is 22.0 Å². The number of carbonyl (C=O) groups excluding carboxylic acids is 2. The van der Waals surface area contributed by atoms with Crippen molar-refractivity contribution in [3.05, 3.63) is 46.6 Å². The number of aryl methyl sites for hydroxylation is 1. The molecule has 1 unspecified atom stereocenters. The molecule has 5 nitrogen and oxygen atoms in total. The van der Waals surface area contributed by atoms with Crippen molar-refractivity contribution in [2.24, 2.45) is 0 Å². The van der Waals surface area contributed by atoms with Crippen molar-refractivity contribution in [3.8, 4) is 17.0 Å². The predicted molar refractivity (Wildman–Crippen MR) is 125 cm³/mol. The lowest BCUT2D eigenvalue weighted by Crippen LogP contribution is -2.34. The first-order valence-corrected chi connectivity index (χ1v) is 11.6. The van der Waals surface area contributed by atoms with E-state index in [1.165, 1.54) is 23.1 Å². The monoisotopic (exact) mass is 438 g/mol. The minimum absolute atomic E-state index is 0.111. The summed E-state index contributed by atoms with van der Waals surface area (Å²) in [6, 6.07) is 6.56. The number of thioether (sulfide) groups is 1. The second kappa shape index (κ2) is 7.66. The number of fused-ring (bicyclic) bond motifs is 1. The summed E-state index contributed by atoms with van der Waals surface area (Å²) >= 11 is 1.03. The Morgan fingerprint density at radius 1 is 1.10 bits per heavy atom. The van der Waals surface area contributed by atoms with Gasteiger partial charge in [0.05, 0.1) is 12.4 Å². The molecule has 0 radical (unpaired) electrons. The number of nitrogens with zero attached hydrogens (tertiary/aromatic N) is 1. The van der Waals surface area contributed by atoms with Crippen LogP contribution in [0.15, 0.2) is 24.4 Å². The molecule has 1 saturated heterocycles. The number of pyridine rings is 1. The maximum atomic E-state index is 11.9. The molecule has 2 aliphatic rings. The quantitative estimate of drug-likeness (QED) is 0.701. The third kappa shape index (κ3) is 3.98. The van der Waals surface area contributed by atoms with Crippen LogP contribution in [0.3, 0.4) is 0 Å². The summed E-state index contributed by atoms with van der Waals surface area (Å²) in [6.45, 7) is 11.4. The van der Waals surface area contributed by atoms with E-state index in [2.05, 4.69) is 52.1 Å². The van der Waals surface area contributed by atoms with E-state index in [4.69, 9.17) is 9.72 Å². The molecule has 6 heteroatoms. The Hall–Kier alpha value is -2.34. The van der Waals surface area contributed by atoms with Crippen molar-refractivity contribution in [3.63, 3.8) is 0 Å². The maximum absolute atomic E-state index is 11.9. The fourth-order valence-corrected chi connectivity index (χ4v) is 5.53. The van der Waals surface area contributed by atoms with Crippen molar-refractivity contribution < 1.29 is 14.3 Å². The molecule has 164 valence electrons. The van der Waals surface area contributed by atoms with Crippen molar-refractivity contribution in [2.45, 2.75) is 70.0 Å². The summed E-state index contributed by atoms with van der Waals surface area (Å²) in [5.41, 5.74) is 7.03. The first-order valence-electron chi connectivity index (χ1n) is 10.7. The normalized spacial score (nSPS) is 21.5. The molecule has 4 rings (SSSR count). The van der Waals surface area contributed by atoms with Gasteiger partial charge < -0.3 is 4.74 Å². The summed E-state index contributed by atoms with van der Waals surface area (Å²) in [4.78, 5) is 28.1. The molecule has 2 heterocycles. The van der Waals surface area contributed by atoms with Crippen LogP contribution in [0.2, 0.25) is 0 Å². The van der Waals surface area contributed by atoms with Gasteiger partial charge in [0.1, 0.15) is 11.4 Å². The molecule has 1 aromatic carbocycles. The van der Waals surface area contributed by atoms with E-state index in [0.29, 0.717) is 12.2 Å². The average molecular weight is 439 g/mol. The third-order valence-corrected chi connectivity index (χ3v) is 7.75. The Kier molecular flexibility index (Phi) is 5.41. The molecule has 1 atom stereocenters. The molecule has 1 aliphatic carbocycles.